The van der Waals surface area contributed by atoms with Crippen molar-refractivity contribution in [3.8, 4) is 0 Å². The largest absolute Gasteiger partial charge is 0.331 e. The Kier molecular flexibility index (Phi) is 3.11. The summed E-state index contributed by atoms with van der Waals surface area (Å²) in [4.78, 5) is 16.1. The standard InChI is InChI=1S/C17H16N2O/c1-12(20)14-8-9-16-15(11-14)18-17(19(16)2)10-13-6-4-3-5-7-13/h3-9,11H,10H2,1-2H3. The lowest BCUT2D eigenvalue weighted by atomic mass is 10.1. The number of fused-ring (bicyclic) bond motifs is 1. The zero-order valence-corrected chi connectivity index (χ0v) is 11.6. The van der Waals surface area contributed by atoms with Crippen LogP contribution in [0.2, 0.25) is 0 Å². The third-order valence-corrected chi connectivity index (χ3v) is 3.59. The number of Topliss-reactive ketones (excluding diaryl/α,β-unsaturated/α-hetero) is 1. The lowest BCUT2D eigenvalue weighted by molar-refractivity contribution is 0.101. The van der Waals surface area contributed by atoms with Gasteiger partial charge in [0.05, 0.1) is 11.0 Å². The zero-order chi connectivity index (χ0) is 14.1. The van der Waals surface area contributed by atoms with Gasteiger partial charge in [-0.05, 0) is 30.7 Å². The van der Waals surface area contributed by atoms with E-state index in [-0.39, 0.29) is 5.78 Å². The molecule has 1 aromatic heterocycles. The summed E-state index contributed by atoms with van der Waals surface area (Å²) >= 11 is 0. The van der Waals surface area contributed by atoms with Crippen molar-refractivity contribution in [3.05, 3.63) is 65.5 Å². The van der Waals surface area contributed by atoms with Gasteiger partial charge in [-0.1, -0.05) is 30.3 Å². The normalized spacial score (nSPS) is 10.9. The van der Waals surface area contributed by atoms with Crippen LogP contribution < -0.4 is 0 Å². The molecule has 2 aromatic carbocycles. The molecular weight excluding hydrogens is 248 g/mol. The Morgan fingerprint density at radius 2 is 1.90 bits per heavy atom. The second kappa shape index (κ2) is 4.93. The molecule has 0 N–H and O–H groups in total. The van der Waals surface area contributed by atoms with E-state index in [1.165, 1.54) is 5.56 Å². The summed E-state index contributed by atoms with van der Waals surface area (Å²) in [6, 6.07) is 16.0. The van der Waals surface area contributed by atoms with Crippen LogP contribution in [0.1, 0.15) is 28.7 Å². The summed E-state index contributed by atoms with van der Waals surface area (Å²) in [6.45, 7) is 1.58. The van der Waals surface area contributed by atoms with E-state index >= 15 is 0 Å². The lowest BCUT2D eigenvalue weighted by Gasteiger charge is -2.02. The molecule has 0 amide bonds. The minimum atomic E-state index is 0.0714. The summed E-state index contributed by atoms with van der Waals surface area (Å²) in [5, 5.41) is 0. The smallest absolute Gasteiger partial charge is 0.159 e. The van der Waals surface area contributed by atoms with Crippen molar-refractivity contribution in [2.45, 2.75) is 13.3 Å². The number of rotatable bonds is 3. The van der Waals surface area contributed by atoms with Crippen LogP contribution in [0, 0.1) is 0 Å². The molecule has 0 radical (unpaired) electrons. The maximum absolute atomic E-state index is 11.4. The topological polar surface area (TPSA) is 34.9 Å². The van der Waals surface area contributed by atoms with Crippen LogP contribution in [-0.2, 0) is 13.5 Å². The Hall–Kier alpha value is -2.42. The van der Waals surface area contributed by atoms with Gasteiger partial charge in [0.15, 0.2) is 5.78 Å². The number of aryl methyl sites for hydroxylation is 1. The monoisotopic (exact) mass is 264 g/mol. The first-order valence-electron chi connectivity index (χ1n) is 6.65. The molecule has 20 heavy (non-hydrogen) atoms. The van der Waals surface area contributed by atoms with Gasteiger partial charge in [0.2, 0.25) is 0 Å². The molecule has 3 nitrogen and oxygen atoms in total. The average molecular weight is 264 g/mol. The Morgan fingerprint density at radius 3 is 2.60 bits per heavy atom. The predicted molar refractivity (Wildman–Crippen MR) is 80.0 cm³/mol. The molecular formula is C17H16N2O. The molecule has 0 aliphatic carbocycles. The van der Waals surface area contributed by atoms with Gasteiger partial charge in [-0.15, -0.1) is 0 Å². The fraction of sp³-hybridized carbons (Fsp3) is 0.176. The SMILES string of the molecule is CC(=O)c1ccc2c(c1)nc(Cc1ccccc1)n2C. The van der Waals surface area contributed by atoms with Crippen molar-refractivity contribution < 1.29 is 4.79 Å². The van der Waals surface area contributed by atoms with Gasteiger partial charge in [0, 0.05) is 19.0 Å². The molecule has 3 rings (SSSR count). The molecule has 0 atom stereocenters. The van der Waals surface area contributed by atoms with Crippen LogP contribution in [0.15, 0.2) is 48.5 Å². The molecule has 0 spiro atoms. The number of imidazole rings is 1. The second-order valence-corrected chi connectivity index (χ2v) is 5.01. The molecule has 0 fully saturated rings. The first-order chi connectivity index (χ1) is 9.65. The van der Waals surface area contributed by atoms with Crippen LogP contribution in [0.3, 0.4) is 0 Å². The predicted octanol–water partition coefficient (Wildman–Crippen LogP) is 3.37. The molecule has 100 valence electrons. The van der Waals surface area contributed by atoms with Crippen LogP contribution >= 0.6 is 0 Å². The van der Waals surface area contributed by atoms with Gasteiger partial charge in [0.25, 0.3) is 0 Å². The number of benzene rings is 2. The summed E-state index contributed by atoms with van der Waals surface area (Å²) < 4.78 is 2.09. The fourth-order valence-corrected chi connectivity index (χ4v) is 2.41. The van der Waals surface area contributed by atoms with Gasteiger partial charge in [-0.2, -0.15) is 0 Å². The number of aromatic nitrogens is 2. The minimum absolute atomic E-state index is 0.0714. The Labute approximate surface area is 117 Å². The van der Waals surface area contributed by atoms with E-state index in [1.807, 2.05) is 43.4 Å². The second-order valence-electron chi connectivity index (χ2n) is 5.01. The minimum Gasteiger partial charge on any atom is -0.331 e. The van der Waals surface area contributed by atoms with Gasteiger partial charge < -0.3 is 4.57 Å². The van der Waals surface area contributed by atoms with Crippen molar-refractivity contribution in [2.24, 2.45) is 7.05 Å². The Bertz CT molecular complexity index is 772. The van der Waals surface area contributed by atoms with E-state index in [0.717, 1.165) is 23.3 Å². The molecule has 0 aliphatic rings. The van der Waals surface area contributed by atoms with E-state index in [9.17, 15) is 4.79 Å². The number of carbonyl (C=O) groups is 1. The fourth-order valence-electron chi connectivity index (χ4n) is 2.41. The number of carbonyl (C=O) groups excluding carboxylic acids is 1. The van der Waals surface area contributed by atoms with E-state index in [1.54, 1.807) is 6.92 Å². The molecule has 0 unspecified atom stereocenters. The molecule has 3 heteroatoms. The van der Waals surface area contributed by atoms with Gasteiger partial charge in [-0.25, -0.2) is 4.98 Å². The number of hydrogen-bond donors (Lipinski definition) is 0. The van der Waals surface area contributed by atoms with Gasteiger partial charge >= 0.3 is 0 Å². The highest BCUT2D eigenvalue weighted by atomic mass is 16.1. The third kappa shape index (κ3) is 2.23. The summed E-state index contributed by atoms with van der Waals surface area (Å²) in [6.07, 6.45) is 0.793. The van der Waals surface area contributed by atoms with E-state index in [4.69, 9.17) is 0 Å². The summed E-state index contributed by atoms with van der Waals surface area (Å²) in [5.41, 5.74) is 3.88. The van der Waals surface area contributed by atoms with Crippen molar-refractivity contribution in [1.82, 2.24) is 9.55 Å². The lowest BCUT2D eigenvalue weighted by Crippen LogP contribution is -1.98. The third-order valence-electron chi connectivity index (χ3n) is 3.59. The number of hydrogen-bond acceptors (Lipinski definition) is 2. The van der Waals surface area contributed by atoms with E-state index in [0.29, 0.717) is 5.56 Å². The van der Waals surface area contributed by atoms with E-state index < -0.39 is 0 Å². The zero-order valence-electron chi connectivity index (χ0n) is 11.6. The molecule has 0 saturated carbocycles. The molecule has 0 saturated heterocycles. The van der Waals surface area contributed by atoms with Crippen LogP contribution in [0.5, 0.6) is 0 Å². The first kappa shape index (κ1) is 12.6. The highest BCUT2D eigenvalue weighted by Gasteiger charge is 2.10. The van der Waals surface area contributed by atoms with Crippen molar-refractivity contribution in [1.29, 1.82) is 0 Å². The van der Waals surface area contributed by atoms with E-state index in [2.05, 4.69) is 21.7 Å². The maximum atomic E-state index is 11.4. The van der Waals surface area contributed by atoms with Crippen LogP contribution in [-0.4, -0.2) is 15.3 Å². The van der Waals surface area contributed by atoms with Crippen LogP contribution in [0.25, 0.3) is 11.0 Å². The Balaban J connectivity index is 2.04. The Morgan fingerprint density at radius 1 is 1.15 bits per heavy atom. The summed E-state index contributed by atoms with van der Waals surface area (Å²) in [5.74, 6) is 1.08. The van der Waals surface area contributed by atoms with Crippen molar-refractivity contribution in [3.63, 3.8) is 0 Å². The van der Waals surface area contributed by atoms with Crippen LogP contribution in [0.4, 0.5) is 0 Å². The van der Waals surface area contributed by atoms with Crippen molar-refractivity contribution >= 4 is 16.8 Å². The van der Waals surface area contributed by atoms with Crippen molar-refractivity contribution in [2.75, 3.05) is 0 Å². The van der Waals surface area contributed by atoms with Gasteiger partial charge in [0.1, 0.15) is 5.82 Å². The van der Waals surface area contributed by atoms with Gasteiger partial charge in [-0.3, -0.25) is 4.79 Å². The highest BCUT2D eigenvalue weighted by Crippen LogP contribution is 2.19. The first-order valence-corrected chi connectivity index (χ1v) is 6.65. The quantitative estimate of drug-likeness (QED) is 0.680. The molecule has 3 aromatic rings. The maximum Gasteiger partial charge on any atom is 0.159 e. The average Bonchev–Trinajstić information content (AvgIpc) is 2.76. The molecule has 0 bridgehead atoms. The highest BCUT2D eigenvalue weighted by molar-refractivity contribution is 5.97. The molecule has 0 aliphatic heterocycles. The number of ketones is 1. The molecule has 1 heterocycles. The number of nitrogens with zero attached hydrogens (tertiary/aromatic N) is 2. The summed E-state index contributed by atoms with van der Waals surface area (Å²) in [7, 11) is 2.01.